The molecule has 7 heteroatoms. The fourth-order valence-electron chi connectivity index (χ4n) is 2.76. The van der Waals surface area contributed by atoms with Gasteiger partial charge in [-0.05, 0) is 36.3 Å². The summed E-state index contributed by atoms with van der Waals surface area (Å²) in [6.07, 6.45) is 1.74. The first-order valence-corrected chi connectivity index (χ1v) is 9.09. The highest BCUT2D eigenvalue weighted by atomic mass is 32.1. The number of ether oxygens (including phenoxy) is 1. The Balaban J connectivity index is 1.76. The van der Waals surface area contributed by atoms with E-state index in [2.05, 4.69) is 10.1 Å². The number of aromatic nitrogens is 3. The molecule has 0 spiro atoms. The Labute approximate surface area is 158 Å². The van der Waals surface area contributed by atoms with Gasteiger partial charge in [-0.2, -0.15) is 9.50 Å². The van der Waals surface area contributed by atoms with Gasteiger partial charge in [-0.1, -0.05) is 47.7 Å². The lowest BCUT2D eigenvalue weighted by molar-refractivity contribution is -0.131. The van der Waals surface area contributed by atoms with Gasteiger partial charge in [-0.3, -0.25) is 9.59 Å². The summed E-state index contributed by atoms with van der Waals surface area (Å²) in [5.41, 5.74) is 2.50. The molecule has 0 saturated heterocycles. The van der Waals surface area contributed by atoms with Gasteiger partial charge in [0.25, 0.3) is 5.56 Å². The first-order chi connectivity index (χ1) is 13.0. The van der Waals surface area contributed by atoms with Crippen molar-refractivity contribution in [3.8, 4) is 17.1 Å². The van der Waals surface area contributed by atoms with E-state index in [4.69, 9.17) is 4.74 Å². The van der Waals surface area contributed by atoms with Crippen LogP contribution < -0.4 is 14.8 Å². The van der Waals surface area contributed by atoms with E-state index in [-0.39, 0.29) is 11.5 Å². The average Bonchev–Trinajstić information content (AvgIpc) is 3.15. The van der Waals surface area contributed by atoms with Crippen molar-refractivity contribution in [2.24, 2.45) is 0 Å². The molecule has 0 aliphatic carbocycles. The standard InChI is InChI=1S/C20H15N3O3S/c1-12-6-3-4-9-16(12)18-21-20-23(22-18)19(25)17(27-20)11-14-7-5-8-15(10-14)26-13(2)24/h3-11H,1-2H3. The molecular formula is C20H15N3O3S. The summed E-state index contributed by atoms with van der Waals surface area (Å²) in [5, 5.41) is 4.38. The number of hydrogen-bond donors (Lipinski definition) is 0. The van der Waals surface area contributed by atoms with E-state index in [9.17, 15) is 9.59 Å². The van der Waals surface area contributed by atoms with Crippen LogP contribution in [-0.2, 0) is 4.79 Å². The molecule has 2 aromatic heterocycles. The van der Waals surface area contributed by atoms with Crippen LogP contribution in [0.15, 0.2) is 53.3 Å². The van der Waals surface area contributed by atoms with Gasteiger partial charge in [0.15, 0.2) is 5.82 Å². The summed E-state index contributed by atoms with van der Waals surface area (Å²) < 4.78 is 6.92. The van der Waals surface area contributed by atoms with E-state index in [1.54, 1.807) is 24.3 Å². The van der Waals surface area contributed by atoms with Gasteiger partial charge in [0.05, 0.1) is 4.53 Å². The maximum absolute atomic E-state index is 12.7. The fraction of sp³-hybridized carbons (Fsp3) is 0.100. The number of carbonyl (C=O) groups is 1. The van der Waals surface area contributed by atoms with Crippen LogP contribution in [0.4, 0.5) is 0 Å². The van der Waals surface area contributed by atoms with Crippen LogP contribution in [0.1, 0.15) is 18.1 Å². The third kappa shape index (κ3) is 3.37. The number of nitrogens with zero attached hydrogens (tertiary/aromatic N) is 3. The smallest absolute Gasteiger partial charge is 0.308 e. The molecule has 0 atom stereocenters. The Hall–Kier alpha value is -3.32. The molecular weight excluding hydrogens is 362 g/mol. The van der Waals surface area contributed by atoms with Crippen molar-refractivity contribution < 1.29 is 9.53 Å². The summed E-state index contributed by atoms with van der Waals surface area (Å²) in [5.74, 6) is 0.587. The van der Waals surface area contributed by atoms with Crippen molar-refractivity contribution in [3.05, 3.63) is 74.5 Å². The minimum Gasteiger partial charge on any atom is -0.427 e. The molecule has 6 nitrogen and oxygen atoms in total. The summed E-state index contributed by atoms with van der Waals surface area (Å²) in [4.78, 5) is 28.8. The van der Waals surface area contributed by atoms with Crippen molar-refractivity contribution >= 4 is 28.3 Å². The molecule has 0 amide bonds. The van der Waals surface area contributed by atoms with Crippen molar-refractivity contribution in [2.75, 3.05) is 0 Å². The number of esters is 1. The van der Waals surface area contributed by atoms with Crippen molar-refractivity contribution in [1.29, 1.82) is 0 Å². The van der Waals surface area contributed by atoms with Crippen LogP contribution in [0, 0.1) is 6.92 Å². The Kier molecular flexibility index (Phi) is 4.29. The zero-order valence-corrected chi connectivity index (χ0v) is 15.5. The molecule has 0 fully saturated rings. The molecule has 27 heavy (non-hydrogen) atoms. The normalized spacial score (nSPS) is 11.9. The van der Waals surface area contributed by atoms with E-state index in [0.717, 1.165) is 16.7 Å². The van der Waals surface area contributed by atoms with Crippen LogP contribution in [0.2, 0.25) is 0 Å². The third-order valence-corrected chi connectivity index (χ3v) is 4.94. The summed E-state index contributed by atoms with van der Waals surface area (Å²) in [6, 6.07) is 14.8. The zero-order valence-electron chi connectivity index (χ0n) is 14.7. The van der Waals surface area contributed by atoms with Gasteiger partial charge >= 0.3 is 5.97 Å². The van der Waals surface area contributed by atoms with Crippen LogP contribution in [0.25, 0.3) is 22.4 Å². The number of rotatable bonds is 3. The van der Waals surface area contributed by atoms with E-state index in [1.165, 1.54) is 22.8 Å². The maximum atomic E-state index is 12.7. The van der Waals surface area contributed by atoms with Crippen LogP contribution in [0.3, 0.4) is 0 Å². The maximum Gasteiger partial charge on any atom is 0.308 e. The van der Waals surface area contributed by atoms with E-state index in [0.29, 0.717) is 21.1 Å². The molecule has 0 N–H and O–H groups in total. The van der Waals surface area contributed by atoms with Crippen LogP contribution >= 0.6 is 11.3 Å². The minimum atomic E-state index is -0.390. The third-order valence-electron chi connectivity index (χ3n) is 3.99. The van der Waals surface area contributed by atoms with E-state index < -0.39 is 0 Å². The second-order valence-corrected chi connectivity index (χ2v) is 7.04. The second-order valence-electron chi connectivity index (χ2n) is 6.03. The lowest BCUT2D eigenvalue weighted by Gasteiger charge is -2.01. The van der Waals surface area contributed by atoms with Crippen molar-refractivity contribution in [3.63, 3.8) is 0 Å². The SMILES string of the molecule is CC(=O)Oc1cccc(C=c2sc3nc(-c4ccccc4C)nn3c2=O)c1. The van der Waals surface area contributed by atoms with E-state index >= 15 is 0 Å². The number of thiazole rings is 1. The van der Waals surface area contributed by atoms with Crippen LogP contribution in [-0.4, -0.2) is 20.6 Å². The van der Waals surface area contributed by atoms with E-state index in [1.807, 2.05) is 37.3 Å². The molecule has 4 rings (SSSR count). The van der Waals surface area contributed by atoms with Crippen molar-refractivity contribution in [1.82, 2.24) is 14.6 Å². The predicted octanol–water partition coefficient (Wildman–Crippen LogP) is 2.60. The number of hydrogen-bond acceptors (Lipinski definition) is 6. The second kappa shape index (κ2) is 6.77. The monoisotopic (exact) mass is 377 g/mol. The van der Waals surface area contributed by atoms with Gasteiger partial charge in [0.2, 0.25) is 4.96 Å². The zero-order chi connectivity index (χ0) is 19.0. The summed E-state index contributed by atoms with van der Waals surface area (Å²) in [7, 11) is 0. The van der Waals surface area contributed by atoms with Gasteiger partial charge in [-0.15, -0.1) is 5.10 Å². The van der Waals surface area contributed by atoms with Crippen LogP contribution in [0.5, 0.6) is 5.75 Å². The van der Waals surface area contributed by atoms with Gasteiger partial charge in [0.1, 0.15) is 5.75 Å². The molecule has 0 saturated carbocycles. The average molecular weight is 377 g/mol. The molecule has 0 bridgehead atoms. The molecule has 4 aromatic rings. The molecule has 2 aromatic carbocycles. The lowest BCUT2D eigenvalue weighted by Crippen LogP contribution is -2.23. The largest absolute Gasteiger partial charge is 0.427 e. The molecule has 134 valence electrons. The highest BCUT2D eigenvalue weighted by Gasteiger charge is 2.13. The highest BCUT2D eigenvalue weighted by molar-refractivity contribution is 7.15. The quantitative estimate of drug-likeness (QED) is 0.405. The molecule has 0 aliphatic heterocycles. The summed E-state index contributed by atoms with van der Waals surface area (Å²) in [6.45, 7) is 3.33. The lowest BCUT2D eigenvalue weighted by atomic mass is 10.1. The number of fused-ring (bicyclic) bond motifs is 1. The topological polar surface area (TPSA) is 73.6 Å². The Morgan fingerprint density at radius 1 is 1.19 bits per heavy atom. The van der Waals surface area contributed by atoms with Gasteiger partial charge < -0.3 is 4.74 Å². The Morgan fingerprint density at radius 3 is 2.74 bits per heavy atom. The van der Waals surface area contributed by atoms with Crippen molar-refractivity contribution in [2.45, 2.75) is 13.8 Å². The molecule has 0 unspecified atom stereocenters. The Bertz CT molecular complexity index is 1270. The first kappa shape index (κ1) is 17.1. The van der Waals surface area contributed by atoms with Gasteiger partial charge in [0, 0.05) is 12.5 Å². The molecule has 0 radical (unpaired) electrons. The highest BCUT2D eigenvalue weighted by Crippen LogP contribution is 2.20. The predicted molar refractivity (Wildman–Crippen MR) is 104 cm³/mol. The number of aryl methyl sites for hydroxylation is 1. The summed E-state index contributed by atoms with van der Waals surface area (Å²) >= 11 is 1.27. The molecule has 2 heterocycles. The minimum absolute atomic E-state index is 0.222. The Morgan fingerprint density at radius 2 is 2.00 bits per heavy atom. The van der Waals surface area contributed by atoms with Gasteiger partial charge in [-0.25, -0.2) is 0 Å². The first-order valence-electron chi connectivity index (χ1n) is 8.27. The number of benzene rings is 2. The number of carbonyl (C=O) groups excluding carboxylic acids is 1. The molecule has 0 aliphatic rings. The fourth-order valence-corrected chi connectivity index (χ4v) is 3.66.